The van der Waals surface area contributed by atoms with Gasteiger partial charge in [-0.1, -0.05) is 158 Å². The molecule has 0 aliphatic rings. The molecule has 0 saturated heterocycles. The molecular formula is C60H72N4O4P+. The van der Waals surface area contributed by atoms with Crippen LogP contribution in [0.15, 0.2) is 182 Å². The first kappa shape index (κ1) is 52.0. The van der Waals surface area contributed by atoms with E-state index >= 15 is 0 Å². The third-order valence-electron chi connectivity index (χ3n) is 12.9. The molecule has 0 aliphatic heterocycles. The number of benzene rings is 6. The Morgan fingerprint density at radius 1 is 0.333 bits per heavy atom. The predicted molar refractivity (Wildman–Crippen MR) is 286 cm³/mol. The molecule has 0 spiro atoms. The van der Waals surface area contributed by atoms with Gasteiger partial charge in [-0.3, -0.25) is 19.2 Å². The van der Waals surface area contributed by atoms with Gasteiger partial charge in [0.05, 0.1) is 11.7 Å². The van der Waals surface area contributed by atoms with Crippen LogP contribution in [0.3, 0.4) is 0 Å². The third kappa shape index (κ3) is 17.6. The van der Waals surface area contributed by atoms with E-state index in [0.29, 0.717) is 44.9 Å². The molecule has 6 rings (SSSR count). The second-order valence-corrected chi connectivity index (χ2v) is 21.8. The van der Waals surface area contributed by atoms with Crippen molar-refractivity contribution in [1.82, 2.24) is 21.3 Å². The molecule has 6 aromatic rings. The van der Waals surface area contributed by atoms with Gasteiger partial charge in [-0.25, -0.2) is 0 Å². The van der Waals surface area contributed by atoms with Crippen molar-refractivity contribution in [3.05, 3.63) is 199 Å². The van der Waals surface area contributed by atoms with Crippen LogP contribution in [0.1, 0.15) is 93.7 Å². The van der Waals surface area contributed by atoms with Crippen LogP contribution in [0.5, 0.6) is 0 Å². The molecule has 0 bridgehead atoms. The summed E-state index contributed by atoms with van der Waals surface area (Å²) in [7, 11) is -1.91. The van der Waals surface area contributed by atoms with Crippen LogP contribution in [0, 0.1) is 0 Å². The molecular weight excluding hydrogens is 872 g/mol. The maximum absolute atomic E-state index is 14.0. The number of hydrogen-bond acceptors (Lipinski definition) is 4. The molecule has 0 heterocycles. The molecule has 0 fully saturated rings. The average Bonchev–Trinajstić information content (AvgIpc) is 3.39. The fourth-order valence-corrected chi connectivity index (χ4v) is 13.5. The lowest BCUT2D eigenvalue weighted by molar-refractivity contribution is -0.126. The van der Waals surface area contributed by atoms with E-state index in [1.807, 2.05) is 54.6 Å². The second-order valence-electron chi connectivity index (χ2n) is 18.2. The molecule has 9 heteroatoms. The summed E-state index contributed by atoms with van der Waals surface area (Å²) in [4.78, 5) is 54.2. The number of hydrogen-bond donors (Lipinski definition) is 4. The SMILES string of the molecule is O=C(CCCc1ccccc1)NCC(CNC(=O)CCCc1ccccc1)(CNC(=O)CCCc1ccccc1)NC(=O)CCCCCCC[P+](c1ccccc1)(c1ccccc1)c1ccccc1. The summed E-state index contributed by atoms with van der Waals surface area (Å²) in [5.41, 5.74) is 2.34. The van der Waals surface area contributed by atoms with Crippen molar-refractivity contribution >= 4 is 46.8 Å². The minimum absolute atomic E-state index is 0.0482. The van der Waals surface area contributed by atoms with Gasteiger partial charge >= 0.3 is 0 Å². The number of nitrogens with one attached hydrogen (secondary N) is 4. The zero-order chi connectivity index (χ0) is 48.3. The van der Waals surface area contributed by atoms with E-state index < -0.39 is 12.8 Å². The lowest BCUT2D eigenvalue weighted by Crippen LogP contribution is -2.66. The minimum Gasteiger partial charge on any atom is -0.354 e. The normalized spacial score (nSPS) is 11.4. The van der Waals surface area contributed by atoms with Gasteiger partial charge in [-0.2, -0.15) is 0 Å². The highest BCUT2D eigenvalue weighted by Gasteiger charge is 2.44. The Labute approximate surface area is 411 Å². The number of rotatable bonds is 30. The molecule has 0 saturated carbocycles. The summed E-state index contributed by atoms with van der Waals surface area (Å²) in [6, 6.07) is 63.2. The van der Waals surface area contributed by atoms with Crippen LogP contribution in [0.25, 0.3) is 0 Å². The molecule has 0 unspecified atom stereocenters. The van der Waals surface area contributed by atoms with E-state index in [1.165, 1.54) is 15.9 Å². The van der Waals surface area contributed by atoms with E-state index in [2.05, 4.69) is 149 Å². The van der Waals surface area contributed by atoms with Crippen LogP contribution < -0.4 is 37.2 Å². The van der Waals surface area contributed by atoms with E-state index in [-0.39, 0.29) is 49.7 Å². The first-order valence-corrected chi connectivity index (χ1v) is 27.1. The molecule has 69 heavy (non-hydrogen) atoms. The van der Waals surface area contributed by atoms with Crippen molar-refractivity contribution in [3.63, 3.8) is 0 Å². The number of carbonyl (C=O) groups is 4. The number of unbranched alkanes of at least 4 members (excludes halogenated alkanes) is 4. The monoisotopic (exact) mass is 944 g/mol. The quantitative estimate of drug-likeness (QED) is 0.0266. The predicted octanol–water partition coefficient (Wildman–Crippen LogP) is 9.59. The van der Waals surface area contributed by atoms with Gasteiger partial charge in [-0.05, 0) is 111 Å². The number of amides is 4. The van der Waals surface area contributed by atoms with E-state index in [1.54, 1.807) is 0 Å². The molecule has 0 aromatic heterocycles. The molecule has 6 aromatic carbocycles. The van der Waals surface area contributed by atoms with Crippen molar-refractivity contribution in [2.45, 2.75) is 102 Å². The lowest BCUT2D eigenvalue weighted by Gasteiger charge is -2.35. The van der Waals surface area contributed by atoms with Gasteiger partial charge in [0, 0.05) is 45.3 Å². The molecule has 4 N–H and O–H groups in total. The van der Waals surface area contributed by atoms with Crippen molar-refractivity contribution in [1.29, 1.82) is 0 Å². The zero-order valence-electron chi connectivity index (χ0n) is 40.3. The van der Waals surface area contributed by atoms with Crippen LogP contribution >= 0.6 is 7.26 Å². The maximum Gasteiger partial charge on any atom is 0.220 e. The fraction of sp³-hybridized carbons (Fsp3) is 0.333. The van der Waals surface area contributed by atoms with E-state index in [9.17, 15) is 19.2 Å². The molecule has 360 valence electrons. The molecule has 0 atom stereocenters. The Morgan fingerprint density at radius 2 is 0.623 bits per heavy atom. The summed E-state index contributed by atoms with van der Waals surface area (Å²) >= 11 is 0. The number of aryl methyl sites for hydroxylation is 3. The van der Waals surface area contributed by atoms with Crippen molar-refractivity contribution in [2.24, 2.45) is 0 Å². The van der Waals surface area contributed by atoms with Gasteiger partial charge in [0.1, 0.15) is 23.2 Å². The largest absolute Gasteiger partial charge is 0.354 e. The molecule has 4 amide bonds. The van der Waals surface area contributed by atoms with Crippen LogP contribution in [0.4, 0.5) is 0 Å². The van der Waals surface area contributed by atoms with Gasteiger partial charge < -0.3 is 21.3 Å². The van der Waals surface area contributed by atoms with Crippen LogP contribution in [0.2, 0.25) is 0 Å². The Hall–Kier alpha value is -6.37. The Kier molecular flexibility index (Phi) is 21.7. The minimum atomic E-state index is -1.91. The highest BCUT2D eigenvalue weighted by molar-refractivity contribution is 7.95. The van der Waals surface area contributed by atoms with E-state index in [4.69, 9.17) is 0 Å². The molecule has 0 radical (unpaired) electrons. The third-order valence-corrected chi connectivity index (χ3v) is 17.4. The molecule has 0 aliphatic carbocycles. The molecule has 8 nitrogen and oxygen atoms in total. The summed E-state index contributed by atoms with van der Waals surface area (Å²) in [6.45, 7) is 0.145. The summed E-state index contributed by atoms with van der Waals surface area (Å²) in [6.07, 6.45) is 11.3. The van der Waals surface area contributed by atoms with Crippen LogP contribution in [-0.2, 0) is 38.4 Å². The van der Waals surface area contributed by atoms with E-state index in [0.717, 1.165) is 67.8 Å². The first-order chi connectivity index (χ1) is 33.8. The summed E-state index contributed by atoms with van der Waals surface area (Å²) in [5.74, 6) is -0.615. The average molecular weight is 944 g/mol. The second kappa shape index (κ2) is 28.8. The van der Waals surface area contributed by atoms with Crippen molar-refractivity contribution in [3.8, 4) is 0 Å². The van der Waals surface area contributed by atoms with Gasteiger partial charge in [0.2, 0.25) is 23.6 Å². The maximum atomic E-state index is 14.0. The summed E-state index contributed by atoms with van der Waals surface area (Å²) < 4.78 is 0. The summed E-state index contributed by atoms with van der Waals surface area (Å²) in [5, 5.41) is 16.6. The topological polar surface area (TPSA) is 116 Å². The fourth-order valence-electron chi connectivity index (χ4n) is 9.09. The van der Waals surface area contributed by atoms with Gasteiger partial charge in [0.25, 0.3) is 0 Å². The smallest absolute Gasteiger partial charge is 0.220 e. The van der Waals surface area contributed by atoms with Gasteiger partial charge in [0.15, 0.2) is 0 Å². The number of carbonyl (C=O) groups excluding carboxylic acids is 4. The highest BCUT2D eigenvalue weighted by atomic mass is 31.2. The van der Waals surface area contributed by atoms with Gasteiger partial charge in [-0.15, -0.1) is 0 Å². The standard InChI is InChI=1S/C60H71N4O4P/c65-56(43-24-33-50-27-10-4-11-28-50)61-47-60(48-62-57(66)44-25-34-51-29-12-5-13-30-51,49-63-58(67)45-26-35-52-31-14-6-15-32-52)64-59(68)42-22-2-1-3-23-46-69(53-36-16-7-17-37-53,54-38-18-8-19-39-54)55-40-20-9-21-41-55/h4-21,27-32,36-41H,1-3,22-26,33-35,42-49H2,(H3-,61,62,63,64,65,66,67,68)/p+1. The Morgan fingerprint density at radius 3 is 0.971 bits per heavy atom. The van der Waals surface area contributed by atoms with Crippen molar-refractivity contribution < 1.29 is 19.2 Å². The zero-order valence-corrected chi connectivity index (χ0v) is 41.2. The highest BCUT2D eigenvalue weighted by Crippen LogP contribution is 2.56. The lowest BCUT2D eigenvalue weighted by atomic mass is 9.97. The van der Waals surface area contributed by atoms with Crippen LogP contribution in [-0.4, -0.2) is 55.0 Å². The van der Waals surface area contributed by atoms with Crippen molar-refractivity contribution in [2.75, 3.05) is 25.8 Å². The Balaban J connectivity index is 1.08. The Bertz CT molecular complexity index is 2160. The first-order valence-electron chi connectivity index (χ1n) is 25.1.